The molecule has 0 aliphatic carbocycles. The Hall–Kier alpha value is -2.35. The van der Waals surface area contributed by atoms with Gasteiger partial charge in [-0.05, 0) is 37.6 Å². The Morgan fingerprint density at radius 1 is 1.53 bits per heavy atom. The molecule has 2 amide bonds. The van der Waals surface area contributed by atoms with E-state index in [0.717, 1.165) is 11.3 Å². The van der Waals surface area contributed by atoms with Gasteiger partial charge in [-0.3, -0.25) is 9.59 Å². The van der Waals surface area contributed by atoms with Crippen LogP contribution in [-0.4, -0.2) is 18.4 Å². The molecular formula is C14H15N3O2. The minimum absolute atomic E-state index is 0.0572. The number of carbonyl (C=O) groups is 2. The highest BCUT2D eigenvalue weighted by Crippen LogP contribution is 2.23. The minimum Gasteiger partial charge on any atom is -0.350 e. The Morgan fingerprint density at radius 2 is 2.26 bits per heavy atom. The third-order valence-electron chi connectivity index (χ3n) is 2.99. The highest BCUT2D eigenvalue weighted by molar-refractivity contribution is 6.01. The van der Waals surface area contributed by atoms with Crippen LogP contribution in [-0.2, 0) is 11.2 Å². The summed E-state index contributed by atoms with van der Waals surface area (Å²) in [5.41, 5.74) is 1.50. The van der Waals surface area contributed by atoms with E-state index in [1.165, 1.54) is 0 Å². The van der Waals surface area contributed by atoms with Crippen molar-refractivity contribution in [3.63, 3.8) is 0 Å². The van der Waals surface area contributed by atoms with Crippen molar-refractivity contribution in [2.75, 3.05) is 11.9 Å². The summed E-state index contributed by atoms with van der Waals surface area (Å²) in [7, 11) is 0. The van der Waals surface area contributed by atoms with E-state index in [1.807, 2.05) is 0 Å². The third kappa shape index (κ3) is 2.91. The fourth-order valence-electron chi connectivity index (χ4n) is 1.81. The maximum atomic E-state index is 12.0. The van der Waals surface area contributed by atoms with E-state index in [1.54, 1.807) is 32.0 Å². The Balaban J connectivity index is 2.07. The van der Waals surface area contributed by atoms with E-state index >= 15 is 0 Å². The predicted octanol–water partition coefficient (Wildman–Crippen LogP) is 1.46. The standard InChI is InChI=1S/C14H15N3O2/c1-14(2,7-15)8-16-13(19)9-3-4-11-10(5-9)6-12(18)17-11/h3-5H,6,8H2,1-2H3,(H,16,19)(H,17,18). The number of benzene rings is 1. The molecule has 0 saturated carbocycles. The van der Waals surface area contributed by atoms with Crippen LogP contribution in [0.4, 0.5) is 5.69 Å². The lowest BCUT2D eigenvalue weighted by molar-refractivity contribution is -0.115. The number of amides is 2. The number of rotatable bonds is 3. The van der Waals surface area contributed by atoms with Crippen LogP contribution in [0.3, 0.4) is 0 Å². The van der Waals surface area contributed by atoms with E-state index in [2.05, 4.69) is 16.7 Å². The van der Waals surface area contributed by atoms with Gasteiger partial charge in [-0.1, -0.05) is 0 Å². The van der Waals surface area contributed by atoms with Crippen LogP contribution in [0.5, 0.6) is 0 Å². The van der Waals surface area contributed by atoms with Crippen LogP contribution >= 0.6 is 0 Å². The Labute approximate surface area is 111 Å². The average Bonchev–Trinajstić information content (AvgIpc) is 2.75. The van der Waals surface area contributed by atoms with Crippen LogP contribution in [0.15, 0.2) is 18.2 Å². The maximum absolute atomic E-state index is 12.0. The molecule has 19 heavy (non-hydrogen) atoms. The van der Waals surface area contributed by atoms with Crippen LogP contribution < -0.4 is 10.6 Å². The van der Waals surface area contributed by atoms with E-state index in [-0.39, 0.29) is 18.4 Å². The lowest BCUT2D eigenvalue weighted by atomic mass is 9.96. The van der Waals surface area contributed by atoms with Crippen molar-refractivity contribution in [3.05, 3.63) is 29.3 Å². The van der Waals surface area contributed by atoms with Crippen LogP contribution in [0.1, 0.15) is 29.8 Å². The van der Waals surface area contributed by atoms with Crippen molar-refractivity contribution in [2.24, 2.45) is 5.41 Å². The van der Waals surface area contributed by atoms with Crippen molar-refractivity contribution >= 4 is 17.5 Å². The molecule has 1 aromatic carbocycles. The van der Waals surface area contributed by atoms with Gasteiger partial charge in [0.2, 0.25) is 5.91 Å². The first kappa shape index (κ1) is 13.1. The zero-order valence-corrected chi connectivity index (χ0v) is 10.9. The molecule has 1 heterocycles. The molecule has 0 fully saturated rings. The first-order valence-electron chi connectivity index (χ1n) is 6.03. The summed E-state index contributed by atoms with van der Waals surface area (Å²) in [6.07, 6.45) is 0.306. The largest absolute Gasteiger partial charge is 0.350 e. The van der Waals surface area contributed by atoms with Crippen molar-refractivity contribution in [1.82, 2.24) is 5.32 Å². The van der Waals surface area contributed by atoms with Gasteiger partial charge in [0, 0.05) is 17.8 Å². The molecule has 0 spiro atoms. The van der Waals surface area contributed by atoms with Gasteiger partial charge in [0.25, 0.3) is 5.91 Å². The number of nitrogens with zero attached hydrogens (tertiary/aromatic N) is 1. The second-order valence-electron chi connectivity index (χ2n) is 5.28. The number of hydrogen-bond acceptors (Lipinski definition) is 3. The molecule has 0 unspecified atom stereocenters. The SMILES string of the molecule is CC(C)(C#N)CNC(=O)c1ccc2c(c1)CC(=O)N2. The second-order valence-corrected chi connectivity index (χ2v) is 5.28. The number of nitriles is 1. The van der Waals surface area contributed by atoms with Gasteiger partial charge in [-0.25, -0.2) is 0 Å². The molecule has 0 saturated heterocycles. The second kappa shape index (κ2) is 4.73. The highest BCUT2D eigenvalue weighted by Gasteiger charge is 2.21. The van der Waals surface area contributed by atoms with Crippen LogP contribution in [0, 0.1) is 16.7 Å². The molecule has 2 rings (SSSR count). The number of carbonyl (C=O) groups excluding carboxylic acids is 2. The zero-order valence-electron chi connectivity index (χ0n) is 10.9. The van der Waals surface area contributed by atoms with Gasteiger partial charge >= 0.3 is 0 Å². The molecule has 0 radical (unpaired) electrons. The predicted molar refractivity (Wildman–Crippen MR) is 70.5 cm³/mol. The number of anilines is 1. The van der Waals surface area contributed by atoms with Gasteiger partial charge in [-0.2, -0.15) is 5.26 Å². The molecule has 2 N–H and O–H groups in total. The number of nitrogens with one attached hydrogen (secondary N) is 2. The summed E-state index contributed by atoms with van der Waals surface area (Å²) in [6.45, 7) is 3.81. The monoisotopic (exact) mass is 257 g/mol. The van der Waals surface area contributed by atoms with E-state index in [9.17, 15) is 9.59 Å². The van der Waals surface area contributed by atoms with E-state index in [0.29, 0.717) is 12.0 Å². The molecular weight excluding hydrogens is 242 g/mol. The summed E-state index contributed by atoms with van der Waals surface area (Å²) >= 11 is 0. The van der Waals surface area contributed by atoms with Crippen LogP contribution in [0.2, 0.25) is 0 Å². The van der Waals surface area contributed by atoms with Gasteiger partial charge in [0.15, 0.2) is 0 Å². The number of hydrogen-bond donors (Lipinski definition) is 2. The lowest BCUT2D eigenvalue weighted by Gasteiger charge is -2.15. The highest BCUT2D eigenvalue weighted by atomic mass is 16.2. The van der Waals surface area contributed by atoms with Gasteiger partial charge in [0.05, 0.1) is 17.9 Å². The first-order valence-corrected chi connectivity index (χ1v) is 6.03. The van der Waals surface area contributed by atoms with Crippen molar-refractivity contribution in [3.8, 4) is 6.07 Å². The van der Waals surface area contributed by atoms with Gasteiger partial charge in [-0.15, -0.1) is 0 Å². The summed E-state index contributed by atoms with van der Waals surface area (Å²) in [5, 5.41) is 14.3. The molecule has 98 valence electrons. The summed E-state index contributed by atoms with van der Waals surface area (Å²) in [5.74, 6) is -0.288. The Bertz CT molecular complexity index is 585. The van der Waals surface area contributed by atoms with E-state index in [4.69, 9.17) is 5.26 Å². The summed E-state index contributed by atoms with van der Waals surface area (Å²) in [4.78, 5) is 23.2. The molecule has 0 atom stereocenters. The van der Waals surface area contributed by atoms with Gasteiger partial charge < -0.3 is 10.6 Å². The van der Waals surface area contributed by atoms with E-state index < -0.39 is 5.41 Å². The Kier molecular flexibility index (Phi) is 3.26. The van der Waals surface area contributed by atoms with Crippen LogP contribution in [0.25, 0.3) is 0 Å². The van der Waals surface area contributed by atoms with Crippen molar-refractivity contribution in [2.45, 2.75) is 20.3 Å². The normalized spacial score (nSPS) is 13.4. The Morgan fingerprint density at radius 3 is 2.95 bits per heavy atom. The fourth-order valence-corrected chi connectivity index (χ4v) is 1.81. The molecule has 0 aromatic heterocycles. The van der Waals surface area contributed by atoms with Crippen molar-refractivity contribution in [1.29, 1.82) is 5.26 Å². The maximum Gasteiger partial charge on any atom is 0.251 e. The first-order chi connectivity index (χ1) is 8.91. The lowest BCUT2D eigenvalue weighted by Crippen LogP contribution is -2.33. The molecule has 1 aromatic rings. The minimum atomic E-state index is -0.593. The zero-order chi connectivity index (χ0) is 14.0. The smallest absolute Gasteiger partial charge is 0.251 e. The third-order valence-corrected chi connectivity index (χ3v) is 2.99. The van der Waals surface area contributed by atoms with Crippen molar-refractivity contribution < 1.29 is 9.59 Å². The molecule has 5 nitrogen and oxygen atoms in total. The molecule has 5 heteroatoms. The fraction of sp³-hybridized carbons (Fsp3) is 0.357. The summed E-state index contributed by atoms with van der Waals surface area (Å²) < 4.78 is 0. The molecule has 1 aliphatic heterocycles. The van der Waals surface area contributed by atoms with Gasteiger partial charge in [0.1, 0.15) is 0 Å². The topological polar surface area (TPSA) is 82.0 Å². The quantitative estimate of drug-likeness (QED) is 0.860. The molecule has 1 aliphatic rings. The summed E-state index contributed by atoms with van der Waals surface area (Å²) in [6, 6.07) is 7.23. The molecule has 0 bridgehead atoms. The number of fused-ring (bicyclic) bond motifs is 1. The average molecular weight is 257 g/mol.